The van der Waals surface area contributed by atoms with E-state index in [-0.39, 0.29) is 31.6 Å². The molecule has 0 saturated heterocycles. The highest BCUT2D eigenvalue weighted by Crippen LogP contribution is 2.41. The Labute approximate surface area is 123 Å². The van der Waals surface area contributed by atoms with Crippen LogP contribution >= 0.6 is 0 Å². The van der Waals surface area contributed by atoms with E-state index in [1.807, 2.05) is 6.92 Å². The summed E-state index contributed by atoms with van der Waals surface area (Å²) >= 11 is 0. The van der Waals surface area contributed by atoms with Gasteiger partial charge in [0.25, 0.3) is 0 Å². The Bertz CT molecular complexity index is 464. The second-order valence-electron chi connectivity index (χ2n) is 5.21. The van der Waals surface area contributed by atoms with Crippen molar-refractivity contribution in [3.63, 3.8) is 0 Å². The maximum atomic E-state index is 12.8. The number of halogens is 3. The number of hydrogen-bond donors (Lipinski definition) is 1. The zero-order valence-electron chi connectivity index (χ0n) is 12.6. The van der Waals surface area contributed by atoms with Crippen LogP contribution in [0.1, 0.15) is 46.5 Å². The van der Waals surface area contributed by atoms with Crippen LogP contribution in [0.4, 0.5) is 13.2 Å². The predicted octanol–water partition coefficient (Wildman–Crippen LogP) is 3.85. The summed E-state index contributed by atoms with van der Waals surface area (Å²) in [6.07, 6.45) is -3.77. The molecule has 1 atom stereocenters. The van der Waals surface area contributed by atoms with E-state index < -0.39 is 18.1 Å². The third-order valence-corrected chi connectivity index (χ3v) is 3.80. The Morgan fingerprint density at radius 3 is 2.43 bits per heavy atom. The molecular formula is C15H22F3NO2. The summed E-state index contributed by atoms with van der Waals surface area (Å²) in [7, 11) is 0. The van der Waals surface area contributed by atoms with Crippen LogP contribution in [0.5, 0.6) is 0 Å². The number of esters is 1. The summed E-state index contributed by atoms with van der Waals surface area (Å²) in [5, 5.41) is 0. The first-order chi connectivity index (χ1) is 9.72. The minimum atomic E-state index is -4.25. The average Bonchev–Trinajstić information content (AvgIpc) is 2.39. The minimum absolute atomic E-state index is 0.0422. The molecule has 120 valence electrons. The minimum Gasteiger partial charge on any atom is -0.462 e. The van der Waals surface area contributed by atoms with Crippen LogP contribution in [0.3, 0.4) is 0 Å². The summed E-state index contributed by atoms with van der Waals surface area (Å²) < 4.78 is 43.3. The maximum Gasteiger partial charge on any atom is 0.392 e. The van der Waals surface area contributed by atoms with Crippen LogP contribution in [0.25, 0.3) is 0 Å². The fraction of sp³-hybridized carbons (Fsp3) is 0.667. The summed E-state index contributed by atoms with van der Waals surface area (Å²) in [6, 6.07) is 0. The fourth-order valence-electron chi connectivity index (χ4n) is 2.47. The van der Waals surface area contributed by atoms with Gasteiger partial charge in [0, 0.05) is 5.70 Å². The van der Waals surface area contributed by atoms with E-state index in [1.54, 1.807) is 13.8 Å². The quantitative estimate of drug-likeness (QED) is 0.634. The van der Waals surface area contributed by atoms with Crippen molar-refractivity contribution in [2.45, 2.75) is 52.6 Å². The van der Waals surface area contributed by atoms with Gasteiger partial charge in [0.2, 0.25) is 0 Å². The van der Waals surface area contributed by atoms with Gasteiger partial charge in [0.1, 0.15) is 0 Å². The average molecular weight is 305 g/mol. The topological polar surface area (TPSA) is 52.3 Å². The van der Waals surface area contributed by atoms with Gasteiger partial charge in [0.05, 0.1) is 18.1 Å². The van der Waals surface area contributed by atoms with Gasteiger partial charge in [-0.15, -0.1) is 0 Å². The van der Waals surface area contributed by atoms with Gasteiger partial charge < -0.3 is 10.5 Å². The van der Waals surface area contributed by atoms with E-state index in [0.717, 1.165) is 5.57 Å². The maximum absolute atomic E-state index is 12.8. The van der Waals surface area contributed by atoms with E-state index in [9.17, 15) is 18.0 Å². The first-order valence-electron chi connectivity index (χ1n) is 7.13. The SMILES string of the molecule is CCOC(=O)/C(C1=C(N)CC(C(F)(F)F)CC1)=C(/C)CC. The lowest BCUT2D eigenvalue weighted by Crippen LogP contribution is -2.29. The van der Waals surface area contributed by atoms with Crippen molar-refractivity contribution in [2.24, 2.45) is 11.7 Å². The third kappa shape index (κ3) is 4.25. The molecule has 0 saturated carbocycles. The predicted molar refractivity (Wildman–Crippen MR) is 74.2 cm³/mol. The third-order valence-electron chi connectivity index (χ3n) is 3.80. The second-order valence-corrected chi connectivity index (χ2v) is 5.21. The number of allylic oxidation sites excluding steroid dienone is 2. The van der Waals surface area contributed by atoms with Gasteiger partial charge in [-0.25, -0.2) is 4.79 Å². The van der Waals surface area contributed by atoms with Gasteiger partial charge >= 0.3 is 12.1 Å². The first-order valence-corrected chi connectivity index (χ1v) is 7.13. The van der Waals surface area contributed by atoms with E-state index >= 15 is 0 Å². The molecule has 3 nitrogen and oxygen atoms in total. The molecule has 0 aromatic rings. The molecule has 6 heteroatoms. The number of rotatable bonds is 4. The van der Waals surface area contributed by atoms with Crippen molar-refractivity contribution < 1.29 is 22.7 Å². The van der Waals surface area contributed by atoms with Crippen molar-refractivity contribution in [3.8, 4) is 0 Å². The zero-order valence-corrected chi connectivity index (χ0v) is 12.6. The lowest BCUT2D eigenvalue weighted by molar-refractivity contribution is -0.176. The molecule has 0 heterocycles. The number of nitrogens with two attached hydrogens (primary N) is 1. The normalized spacial score (nSPS) is 21.1. The molecule has 0 radical (unpaired) electrons. The molecule has 1 aliphatic rings. The van der Waals surface area contributed by atoms with Gasteiger partial charge in [0.15, 0.2) is 0 Å². The van der Waals surface area contributed by atoms with Crippen LogP contribution in [-0.4, -0.2) is 18.8 Å². The van der Waals surface area contributed by atoms with Crippen LogP contribution < -0.4 is 5.73 Å². The summed E-state index contributed by atoms with van der Waals surface area (Å²) in [5.41, 5.74) is 7.65. The Kier molecular flexibility index (Phi) is 5.87. The zero-order chi connectivity index (χ0) is 16.2. The lowest BCUT2D eigenvalue weighted by Gasteiger charge is -2.28. The van der Waals surface area contributed by atoms with E-state index in [2.05, 4.69) is 0 Å². The van der Waals surface area contributed by atoms with E-state index in [4.69, 9.17) is 10.5 Å². The van der Waals surface area contributed by atoms with Gasteiger partial charge in [-0.2, -0.15) is 13.2 Å². The smallest absolute Gasteiger partial charge is 0.392 e. The Hall–Kier alpha value is -1.46. The van der Waals surface area contributed by atoms with Crippen LogP contribution in [0.15, 0.2) is 22.4 Å². The van der Waals surface area contributed by atoms with Crippen LogP contribution in [0, 0.1) is 5.92 Å². The molecule has 1 unspecified atom stereocenters. The Morgan fingerprint density at radius 1 is 1.38 bits per heavy atom. The van der Waals surface area contributed by atoms with Crippen molar-refractivity contribution in [2.75, 3.05) is 6.61 Å². The number of carbonyl (C=O) groups excluding carboxylic acids is 1. The number of hydrogen-bond acceptors (Lipinski definition) is 3. The van der Waals surface area contributed by atoms with Gasteiger partial charge in [-0.1, -0.05) is 12.5 Å². The molecule has 1 rings (SSSR count). The highest BCUT2D eigenvalue weighted by atomic mass is 19.4. The number of carbonyl (C=O) groups is 1. The summed E-state index contributed by atoms with van der Waals surface area (Å²) in [4.78, 5) is 12.1. The Balaban J connectivity index is 3.13. The molecule has 21 heavy (non-hydrogen) atoms. The molecule has 0 fully saturated rings. The van der Waals surface area contributed by atoms with Crippen molar-refractivity contribution in [1.29, 1.82) is 0 Å². The number of alkyl halides is 3. The molecule has 1 aliphatic carbocycles. The summed E-state index contributed by atoms with van der Waals surface area (Å²) in [5.74, 6) is -1.92. The van der Waals surface area contributed by atoms with E-state index in [1.165, 1.54) is 0 Å². The molecule has 2 N–H and O–H groups in total. The fourth-order valence-corrected chi connectivity index (χ4v) is 2.47. The number of ether oxygens (including phenoxy) is 1. The second kappa shape index (κ2) is 7.00. The van der Waals surface area contributed by atoms with Crippen molar-refractivity contribution in [3.05, 3.63) is 22.4 Å². The highest BCUT2D eigenvalue weighted by Gasteiger charge is 2.42. The largest absolute Gasteiger partial charge is 0.462 e. The molecule has 0 aliphatic heterocycles. The van der Waals surface area contributed by atoms with Crippen molar-refractivity contribution >= 4 is 5.97 Å². The lowest BCUT2D eigenvalue weighted by atomic mass is 9.82. The molecule has 0 amide bonds. The van der Waals surface area contributed by atoms with Gasteiger partial charge in [-0.05, 0) is 45.1 Å². The Morgan fingerprint density at radius 2 is 2.00 bits per heavy atom. The van der Waals surface area contributed by atoms with E-state index in [0.29, 0.717) is 17.6 Å². The molecule has 0 spiro atoms. The molecule has 0 bridgehead atoms. The monoisotopic (exact) mass is 305 g/mol. The van der Waals surface area contributed by atoms with Crippen LogP contribution in [0.2, 0.25) is 0 Å². The molecular weight excluding hydrogens is 283 g/mol. The first kappa shape index (κ1) is 17.6. The van der Waals surface area contributed by atoms with Gasteiger partial charge in [-0.3, -0.25) is 0 Å². The van der Waals surface area contributed by atoms with Crippen LogP contribution in [-0.2, 0) is 9.53 Å². The standard InChI is InChI=1S/C15H22F3NO2/c1-4-9(3)13(14(20)21-5-2)11-7-6-10(8-12(11)19)15(16,17)18/h10H,4-8,19H2,1-3H3/b13-9-. The highest BCUT2D eigenvalue weighted by molar-refractivity contribution is 5.94. The summed E-state index contributed by atoms with van der Waals surface area (Å²) in [6.45, 7) is 5.57. The molecule has 0 aromatic heterocycles. The van der Waals surface area contributed by atoms with Crippen molar-refractivity contribution in [1.82, 2.24) is 0 Å². The molecule has 0 aromatic carbocycles.